The lowest BCUT2D eigenvalue weighted by molar-refractivity contribution is -0.113. The first-order valence-electron chi connectivity index (χ1n) is 7.21. The van der Waals surface area contributed by atoms with Gasteiger partial charge in [-0.25, -0.2) is 4.98 Å². The fourth-order valence-electron chi connectivity index (χ4n) is 1.81. The van der Waals surface area contributed by atoms with Gasteiger partial charge in [0, 0.05) is 16.1 Å². The van der Waals surface area contributed by atoms with Gasteiger partial charge in [-0.15, -0.1) is 21.5 Å². The van der Waals surface area contributed by atoms with Crippen LogP contribution in [0.5, 0.6) is 0 Å². The fraction of sp³-hybridized carbons (Fsp3) is 0.200. The van der Waals surface area contributed by atoms with Gasteiger partial charge in [-0.1, -0.05) is 40.8 Å². The van der Waals surface area contributed by atoms with Crippen LogP contribution in [-0.4, -0.2) is 26.8 Å². The van der Waals surface area contributed by atoms with Gasteiger partial charge in [0.05, 0.1) is 11.4 Å². The molecule has 0 aliphatic rings. The van der Waals surface area contributed by atoms with Crippen molar-refractivity contribution < 1.29 is 4.79 Å². The normalized spacial score (nSPS) is 10.7. The van der Waals surface area contributed by atoms with E-state index in [1.165, 1.54) is 34.4 Å². The molecule has 0 aliphatic heterocycles. The number of aromatic nitrogens is 3. The van der Waals surface area contributed by atoms with Crippen LogP contribution in [0.2, 0.25) is 5.02 Å². The van der Waals surface area contributed by atoms with Gasteiger partial charge in [0.25, 0.3) is 0 Å². The Balaban J connectivity index is 1.52. The number of thioether (sulfide) groups is 1. The molecule has 0 bridgehead atoms. The number of hydrogen-bond donors (Lipinski definition) is 2. The molecule has 0 atom stereocenters. The number of aryl methyl sites for hydroxylation is 2. The highest BCUT2D eigenvalue weighted by Crippen LogP contribution is 2.29. The van der Waals surface area contributed by atoms with Crippen molar-refractivity contribution in [2.45, 2.75) is 18.2 Å². The third-order valence-corrected chi connectivity index (χ3v) is 6.28. The van der Waals surface area contributed by atoms with E-state index in [1.807, 2.05) is 37.4 Å². The molecule has 0 radical (unpaired) electrons. The summed E-state index contributed by atoms with van der Waals surface area (Å²) in [6.07, 6.45) is 0. The molecule has 0 spiro atoms. The summed E-state index contributed by atoms with van der Waals surface area (Å²) in [6.45, 7) is 3.84. The Hall–Kier alpha value is -1.68. The Morgan fingerprint density at radius 3 is 2.84 bits per heavy atom. The molecule has 130 valence electrons. The smallest absolute Gasteiger partial charge is 0.236 e. The maximum atomic E-state index is 11.9. The highest BCUT2D eigenvalue weighted by atomic mass is 35.5. The molecule has 0 fully saturated rings. The number of nitrogens with zero attached hydrogens (tertiary/aromatic N) is 3. The quantitative estimate of drug-likeness (QED) is 0.570. The maximum absolute atomic E-state index is 11.9. The molecule has 10 heteroatoms. The van der Waals surface area contributed by atoms with E-state index in [1.54, 1.807) is 0 Å². The topological polar surface area (TPSA) is 79.8 Å². The van der Waals surface area contributed by atoms with Crippen molar-refractivity contribution >= 4 is 67.9 Å². The van der Waals surface area contributed by atoms with Crippen molar-refractivity contribution in [2.24, 2.45) is 0 Å². The van der Waals surface area contributed by atoms with Crippen LogP contribution >= 0.6 is 46.0 Å². The Kier molecular flexibility index (Phi) is 5.89. The third-order valence-electron chi connectivity index (χ3n) is 3.02. The molecule has 0 unspecified atom stereocenters. The molecule has 3 aromatic rings. The van der Waals surface area contributed by atoms with Crippen molar-refractivity contribution in [1.82, 2.24) is 15.2 Å². The highest BCUT2D eigenvalue weighted by Gasteiger charge is 2.10. The van der Waals surface area contributed by atoms with Crippen LogP contribution in [0.1, 0.15) is 11.3 Å². The Bertz CT molecular complexity index is 895. The number of amides is 1. The number of carbonyl (C=O) groups is 1. The maximum Gasteiger partial charge on any atom is 0.236 e. The van der Waals surface area contributed by atoms with Gasteiger partial charge in [0.1, 0.15) is 0 Å². The summed E-state index contributed by atoms with van der Waals surface area (Å²) in [4.78, 5) is 16.1. The van der Waals surface area contributed by atoms with Crippen molar-refractivity contribution in [3.63, 3.8) is 0 Å². The van der Waals surface area contributed by atoms with Gasteiger partial charge < -0.3 is 10.6 Å². The minimum atomic E-state index is -0.116. The van der Waals surface area contributed by atoms with E-state index >= 15 is 0 Å². The average molecular weight is 412 g/mol. The minimum Gasteiger partial charge on any atom is -0.330 e. The Labute approximate surface area is 162 Å². The van der Waals surface area contributed by atoms with E-state index in [-0.39, 0.29) is 11.7 Å². The predicted octanol–water partition coefficient (Wildman–Crippen LogP) is 4.74. The van der Waals surface area contributed by atoms with Crippen LogP contribution in [0.15, 0.2) is 27.9 Å². The SMILES string of the molecule is Cc1csc(NC(=O)CSc2nnc(Nc3ccc(C)c(Cl)c3)s2)n1. The summed E-state index contributed by atoms with van der Waals surface area (Å²) in [6, 6.07) is 5.71. The standard InChI is InChI=1S/C15H14ClN5OS3/c1-8-3-4-10(5-11(8)16)18-14-20-21-15(25-14)24-7-12(22)19-13-17-9(2)6-23-13/h3-6H,7H2,1-2H3,(H,18,20)(H,17,19,22). The lowest BCUT2D eigenvalue weighted by atomic mass is 10.2. The van der Waals surface area contributed by atoms with E-state index in [4.69, 9.17) is 11.6 Å². The molecule has 0 saturated carbocycles. The zero-order valence-electron chi connectivity index (χ0n) is 13.4. The second-order valence-corrected chi connectivity index (χ2v) is 8.56. The first-order chi connectivity index (χ1) is 12.0. The third kappa shape index (κ3) is 5.15. The zero-order chi connectivity index (χ0) is 17.8. The number of hydrogen-bond acceptors (Lipinski definition) is 8. The van der Waals surface area contributed by atoms with E-state index in [0.717, 1.165) is 16.9 Å². The van der Waals surface area contributed by atoms with Gasteiger partial charge in [-0.3, -0.25) is 4.79 Å². The van der Waals surface area contributed by atoms with Gasteiger partial charge in [0.15, 0.2) is 9.47 Å². The van der Waals surface area contributed by atoms with Crippen LogP contribution < -0.4 is 10.6 Å². The monoisotopic (exact) mass is 411 g/mol. The van der Waals surface area contributed by atoms with Crippen LogP contribution in [-0.2, 0) is 4.79 Å². The van der Waals surface area contributed by atoms with Crippen LogP contribution in [0.25, 0.3) is 0 Å². The molecular weight excluding hydrogens is 398 g/mol. The summed E-state index contributed by atoms with van der Waals surface area (Å²) in [5, 5.41) is 17.9. The zero-order valence-corrected chi connectivity index (χ0v) is 16.6. The van der Waals surface area contributed by atoms with Crippen LogP contribution in [0, 0.1) is 13.8 Å². The molecule has 3 rings (SSSR count). The lowest BCUT2D eigenvalue weighted by Gasteiger charge is -2.03. The second-order valence-electron chi connectivity index (χ2n) is 5.09. The van der Waals surface area contributed by atoms with Crippen molar-refractivity contribution in [1.29, 1.82) is 0 Å². The lowest BCUT2D eigenvalue weighted by Crippen LogP contribution is -2.13. The number of nitrogens with one attached hydrogen (secondary N) is 2. The van der Waals surface area contributed by atoms with E-state index < -0.39 is 0 Å². The van der Waals surface area contributed by atoms with E-state index in [2.05, 4.69) is 25.8 Å². The summed E-state index contributed by atoms with van der Waals surface area (Å²) >= 11 is 10.2. The number of carbonyl (C=O) groups excluding carboxylic acids is 1. The molecule has 2 aromatic heterocycles. The molecule has 0 aliphatic carbocycles. The van der Waals surface area contributed by atoms with Crippen molar-refractivity contribution in [3.05, 3.63) is 39.9 Å². The second kappa shape index (κ2) is 8.13. The summed E-state index contributed by atoms with van der Waals surface area (Å²) < 4.78 is 0.714. The highest BCUT2D eigenvalue weighted by molar-refractivity contribution is 8.01. The molecule has 1 amide bonds. The molecule has 0 saturated heterocycles. The molecule has 2 N–H and O–H groups in total. The summed E-state index contributed by atoms with van der Waals surface area (Å²) in [5.41, 5.74) is 2.76. The Morgan fingerprint density at radius 1 is 1.28 bits per heavy atom. The first-order valence-corrected chi connectivity index (χ1v) is 10.3. The molecule has 6 nitrogen and oxygen atoms in total. The largest absolute Gasteiger partial charge is 0.330 e. The van der Waals surface area contributed by atoms with Gasteiger partial charge in [-0.05, 0) is 31.5 Å². The first kappa shape index (κ1) is 18.1. The minimum absolute atomic E-state index is 0.116. The molecule has 2 heterocycles. The van der Waals surface area contributed by atoms with Crippen LogP contribution in [0.4, 0.5) is 16.0 Å². The predicted molar refractivity (Wildman–Crippen MR) is 106 cm³/mol. The van der Waals surface area contributed by atoms with Gasteiger partial charge >= 0.3 is 0 Å². The van der Waals surface area contributed by atoms with Gasteiger partial charge in [0.2, 0.25) is 11.0 Å². The summed E-state index contributed by atoms with van der Waals surface area (Å²) in [5.74, 6) is 0.137. The van der Waals surface area contributed by atoms with Gasteiger partial charge in [-0.2, -0.15) is 0 Å². The number of rotatable bonds is 6. The Morgan fingerprint density at radius 2 is 2.12 bits per heavy atom. The van der Waals surface area contributed by atoms with E-state index in [0.29, 0.717) is 19.6 Å². The fourth-order valence-corrected chi connectivity index (χ4v) is 4.26. The number of benzene rings is 1. The number of anilines is 3. The van der Waals surface area contributed by atoms with Crippen LogP contribution in [0.3, 0.4) is 0 Å². The molecule has 25 heavy (non-hydrogen) atoms. The average Bonchev–Trinajstić information content (AvgIpc) is 3.18. The number of halogens is 1. The van der Waals surface area contributed by atoms with E-state index in [9.17, 15) is 4.79 Å². The van der Waals surface area contributed by atoms with Crippen molar-refractivity contribution in [2.75, 3.05) is 16.4 Å². The molecule has 1 aromatic carbocycles. The molecular formula is C15H14ClN5OS3. The summed E-state index contributed by atoms with van der Waals surface area (Å²) in [7, 11) is 0. The van der Waals surface area contributed by atoms with Crippen molar-refractivity contribution in [3.8, 4) is 0 Å². The number of thiazole rings is 1.